The Morgan fingerprint density at radius 1 is 1.47 bits per heavy atom. The van der Waals surface area contributed by atoms with Crippen LogP contribution in [0.15, 0.2) is 24.5 Å². The van der Waals surface area contributed by atoms with Crippen LogP contribution < -0.4 is 0 Å². The summed E-state index contributed by atoms with van der Waals surface area (Å²) in [5.74, 6) is -0.117. The second-order valence-electron chi connectivity index (χ2n) is 3.08. The first-order chi connectivity index (χ1) is 7.22. The van der Waals surface area contributed by atoms with Gasteiger partial charge in [-0.15, -0.1) is 0 Å². The highest BCUT2D eigenvalue weighted by molar-refractivity contribution is 5.70. The molecule has 0 atom stereocenters. The highest BCUT2D eigenvalue weighted by Crippen LogP contribution is 2.14. The maximum Gasteiger partial charge on any atom is 0.196 e. The Morgan fingerprint density at radius 3 is 2.93 bits per heavy atom. The van der Waals surface area contributed by atoms with Crippen LogP contribution in [0.5, 0.6) is 0 Å². The van der Waals surface area contributed by atoms with Gasteiger partial charge >= 0.3 is 0 Å². The number of aromatic nitrogens is 3. The zero-order valence-electron chi connectivity index (χ0n) is 8.01. The molecular weight excluding hydrogens is 197 g/mol. The molecule has 4 nitrogen and oxygen atoms in total. The van der Waals surface area contributed by atoms with E-state index in [1.807, 2.05) is 0 Å². The predicted octanol–water partition coefficient (Wildman–Crippen LogP) is 1.53. The maximum absolute atomic E-state index is 12.9. The fourth-order valence-electron chi connectivity index (χ4n) is 1.37. The number of carbonyl (C=O) groups excluding carboxylic acids is 1. The van der Waals surface area contributed by atoms with Crippen molar-refractivity contribution in [1.82, 2.24) is 14.8 Å². The summed E-state index contributed by atoms with van der Waals surface area (Å²) in [5, 5.41) is 3.90. The van der Waals surface area contributed by atoms with Gasteiger partial charge < -0.3 is 0 Å². The fraction of sp³-hybridized carbons (Fsp3) is 0.100. The zero-order valence-corrected chi connectivity index (χ0v) is 8.01. The van der Waals surface area contributed by atoms with Crippen LogP contribution in [0.2, 0.25) is 0 Å². The van der Waals surface area contributed by atoms with Crippen LogP contribution in [0.1, 0.15) is 16.2 Å². The Bertz CT molecular complexity index is 507. The van der Waals surface area contributed by atoms with E-state index in [0.29, 0.717) is 17.5 Å². The van der Waals surface area contributed by atoms with Crippen molar-refractivity contribution in [3.63, 3.8) is 0 Å². The summed E-state index contributed by atoms with van der Waals surface area (Å²) < 4.78 is 14.2. The standard InChI is InChI=1S/C10H8FN3O/c1-7-4-8(11)2-3-9(7)14-10(5-15)12-6-13-14/h2-6H,1H3. The molecule has 0 bridgehead atoms. The van der Waals surface area contributed by atoms with E-state index in [1.54, 1.807) is 13.0 Å². The molecule has 0 unspecified atom stereocenters. The molecule has 0 saturated heterocycles. The quantitative estimate of drug-likeness (QED) is 0.698. The first-order valence-corrected chi connectivity index (χ1v) is 4.34. The largest absolute Gasteiger partial charge is 0.294 e. The first kappa shape index (κ1) is 9.51. The Hall–Kier alpha value is -2.04. The summed E-state index contributed by atoms with van der Waals surface area (Å²) in [6.45, 7) is 1.74. The van der Waals surface area contributed by atoms with Crippen molar-refractivity contribution in [1.29, 1.82) is 0 Å². The number of aldehydes is 1. The van der Waals surface area contributed by atoms with E-state index in [4.69, 9.17) is 0 Å². The van der Waals surface area contributed by atoms with Gasteiger partial charge in [0.25, 0.3) is 0 Å². The monoisotopic (exact) mass is 205 g/mol. The molecule has 0 fully saturated rings. The van der Waals surface area contributed by atoms with Gasteiger partial charge in [0.05, 0.1) is 5.69 Å². The van der Waals surface area contributed by atoms with Gasteiger partial charge in [-0.25, -0.2) is 14.1 Å². The molecule has 15 heavy (non-hydrogen) atoms. The number of hydrogen-bond donors (Lipinski definition) is 0. The summed E-state index contributed by atoms with van der Waals surface area (Å²) in [5.41, 5.74) is 1.35. The summed E-state index contributed by atoms with van der Waals surface area (Å²) in [6, 6.07) is 4.26. The molecule has 0 aliphatic rings. The molecule has 1 aromatic carbocycles. The van der Waals surface area contributed by atoms with E-state index in [2.05, 4.69) is 10.1 Å². The van der Waals surface area contributed by atoms with Gasteiger partial charge in [0.15, 0.2) is 12.1 Å². The smallest absolute Gasteiger partial charge is 0.196 e. The summed E-state index contributed by atoms with van der Waals surface area (Å²) in [4.78, 5) is 14.4. The SMILES string of the molecule is Cc1cc(F)ccc1-n1ncnc1C=O. The third-order valence-corrected chi connectivity index (χ3v) is 2.07. The summed E-state index contributed by atoms with van der Waals surface area (Å²) >= 11 is 0. The van der Waals surface area contributed by atoms with Crippen molar-refractivity contribution >= 4 is 6.29 Å². The van der Waals surface area contributed by atoms with Gasteiger partial charge in [0, 0.05) is 0 Å². The lowest BCUT2D eigenvalue weighted by molar-refractivity contribution is 0.111. The normalized spacial score (nSPS) is 10.3. The molecule has 0 radical (unpaired) electrons. The van der Waals surface area contributed by atoms with E-state index in [1.165, 1.54) is 23.1 Å². The molecule has 0 amide bonds. The van der Waals surface area contributed by atoms with Gasteiger partial charge in [0.1, 0.15) is 12.1 Å². The molecule has 2 rings (SSSR count). The minimum Gasteiger partial charge on any atom is -0.294 e. The molecule has 5 heteroatoms. The minimum absolute atomic E-state index is 0.199. The van der Waals surface area contributed by atoms with Crippen LogP contribution in [0, 0.1) is 12.7 Å². The second kappa shape index (κ2) is 3.61. The highest BCUT2D eigenvalue weighted by atomic mass is 19.1. The van der Waals surface area contributed by atoms with Crippen LogP contribution in [0.25, 0.3) is 5.69 Å². The van der Waals surface area contributed by atoms with Gasteiger partial charge in [-0.2, -0.15) is 5.10 Å². The van der Waals surface area contributed by atoms with Crippen LogP contribution in [-0.2, 0) is 0 Å². The van der Waals surface area contributed by atoms with E-state index in [0.717, 1.165) is 0 Å². The van der Waals surface area contributed by atoms with Gasteiger partial charge in [-0.3, -0.25) is 4.79 Å². The van der Waals surface area contributed by atoms with Crippen LogP contribution in [0.4, 0.5) is 4.39 Å². The van der Waals surface area contributed by atoms with Gasteiger partial charge in [0.2, 0.25) is 0 Å². The van der Waals surface area contributed by atoms with E-state index in [9.17, 15) is 9.18 Å². The van der Waals surface area contributed by atoms with Gasteiger partial charge in [-0.1, -0.05) is 0 Å². The van der Waals surface area contributed by atoms with Gasteiger partial charge in [-0.05, 0) is 30.7 Å². The number of halogens is 1. The topological polar surface area (TPSA) is 47.8 Å². The lowest BCUT2D eigenvalue weighted by atomic mass is 10.2. The number of benzene rings is 1. The molecule has 0 spiro atoms. The maximum atomic E-state index is 12.9. The molecule has 0 aliphatic heterocycles. The van der Waals surface area contributed by atoms with Crippen molar-refractivity contribution in [2.45, 2.75) is 6.92 Å². The molecule has 0 saturated carbocycles. The van der Waals surface area contributed by atoms with E-state index < -0.39 is 0 Å². The number of carbonyl (C=O) groups is 1. The number of hydrogen-bond acceptors (Lipinski definition) is 3. The van der Waals surface area contributed by atoms with Crippen molar-refractivity contribution in [2.24, 2.45) is 0 Å². The minimum atomic E-state index is -0.316. The summed E-state index contributed by atoms with van der Waals surface area (Å²) in [7, 11) is 0. The predicted molar refractivity (Wildman–Crippen MR) is 51.4 cm³/mol. The number of rotatable bonds is 2. The second-order valence-corrected chi connectivity index (χ2v) is 3.08. The summed E-state index contributed by atoms with van der Waals surface area (Å²) in [6.07, 6.45) is 1.89. The average Bonchev–Trinajstić information content (AvgIpc) is 2.65. The fourth-order valence-corrected chi connectivity index (χ4v) is 1.37. The Balaban J connectivity index is 2.59. The van der Waals surface area contributed by atoms with Crippen LogP contribution in [-0.4, -0.2) is 21.1 Å². The number of aryl methyl sites for hydroxylation is 1. The van der Waals surface area contributed by atoms with Crippen molar-refractivity contribution in [2.75, 3.05) is 0 Å². The Labute approximate surface area is 85.4 Å². The molecule has 0 N–H and O–H groups in total. The molecule has 0 aliphatic carbocycles. The van der Waals surface area contributed by atoms with Crippen molar-refractivity contribution in [3.8, 4) is 5.69 Å². The average molecular weight is 205 g/mol. The molecular formula is C10H8FN3O. The Morgan fingerprint density at radius 2 is 2.27 bits per heavy atom. The molecule has 1 heterocycles. The van der Waals surface area contributed by atoms with Crippen LogP contribution >= 0.6 is 0 Å². The zero-order chi connectivity index (χ0) is 10.8. The lowest BCUT2D eigenvalue weighted by Gasteiger charge is -2.05. The molecule has 1 aromatic heterocycles. The Kier molecular flexibility index (Phi) is 2.29. The molecule has 2 aromatic rings. The number of nitrogens with zero attached hydrogens (tertiary/aromatic N) is 3. The van der Waals surface area contributed by atoms with Crippen molar-refractivity contribution < 1.29 is 9.18 Å². The third kappa shape index (κ3) is 1.63. The highest BCUT2D eigenvalue weighted by Gasteiger charge is 2.08. The lowest BCUT2D eigenvalue weighted by Crippen LogP contribution is -2.04. The molecule has 76 valence electrons. The van der Waals surface area contributed by atoms with Crippen LogP contribution in [0.3, 0.4) is 0 Å². The van der Waals surface area contributed by atoms with Crippen molar-refractivity contribution in [3.05, 3.63) is 41.7 Å². The van der Waals surface area contributed by atoms with E-state index >= 15 is 0 Å². The first-order valence-electron chi connectivity index (χ1n) is 4.34. The van der Waals surface area contributed by atoms with E-state index in [-0.39, 0.29) is 11.6 Å². The third-order valence-electron chi connectivity index (χ3n) is 2.07.